The first-order valence-corrected chi connectivity index (χ1v) is 12.0. The zero-order chi connectivity index (χ0) is 22.3. The molecule has 4 rings (SSSR count). The lowest BCUT2D eigenvalue weighted by Gasteiger charge is -2.20. The molecule has 1 N–H and O–H groups in total. The van der Waals surface area contributed by atoms with Crippen LogP contribution in [0.3, 0.4) is 0 Å². The highest BCUT2D eigenvalue weighted by molar-refractivity contribution is 8.00. The van der Waals surface area contributed by atoms with Gasteiger partial charge >= 0.3 is 0 Å². The Morgan fingerprint density at radius 2 is 1.72 bits per heavy atom. The molecule has 0 saturated carbocycles. The third kappa shape index (κ3) is 5.46. The van der Waals surface area contributed by atoms with E-state index in [1.54, 1.807) is 7.11 Å². The molecule has 32 heavy (non-hydrogen) atoms. The number of hydrogen-bond acceptors (Lipinski definition) is 4. The molecule has 1 aliphatic heterocycles. The number of carbonyl (C=O) groups is 2. The number of nitrogens with one attached hydrogen (secondary N) is 1. The van der Waals surface area contributed by atoms with Crippen molar-refractivity contribution in [2.24, 2.45) is 0 Å². The van der Waals surface area contributed by atoms with E-state index < -0.39 is 0 Å². The largest absolute Gasteiger partial charge is 0.497 e. The molecule has 168 valence electrons. The topological polar surface area (TPSA) is 63.6 Å². The normalized spacial score (nSPS) is 14.2. The lowest BCUT2D eigenvalue weighted by molar-refractivity contribution is -0.131. The summed E-state index contributed by atoms with van der Waals surface area (Å²) in [5.74, 6) is 1.14. The summed E-state index contributed by atoms with van der Waals surface area (Å²) in [6, 6.07) is 15.3. The van der Waals surface area contributed by atoms with Gasteiger partial charge in [-0.05, 0) is 43.2 Å². The van der Waals surface area contributed by atoms with Crippen molar-refractivity contribution < 1.29 is 14.3 Å². The Hall–Kier alpha value is -2.93. The zero-order valence-electron chi connectivity index (χ0n) is 18.4. The van der Waals surface area contributed by atoms with Gasteiger partial charge < -0.3 is 19.5 Å². The van der Waals surface area contributed by atoms with Crippen molar-refractivity contribution >= 4 is 40.2 Å². The highest BCUT2D eigenvalue weighted by atomic mass is 32.2. The van der Waals surface area contributed by atoms with E-state index in [0.29, 0.717) is 12.3 Å². The second kappa shape index (κ2) is 10.6. The number of ether oxygens (including phenoxy) is 1. The summed E-state index contributed by atoms with van der Waals surface area (Å²) in [4.78, 5) is 28.4. The second-order valence-corrected chi connectivity index (χ2v) is 9.02. The van der Waals surface area contributed by atoms with Crippen molar-refractivity contribution in [2.75, 3.05) is 31.3 Å². The fourth-order valence-electron chi connectivity index (χ4n) is 4.04. The van der Waals surface area contributed by atoms with Crippen LogP contribution in [0.5, 0.6) is 5.75 Å². The van der Waals surface area contributed by atoms with Gasteiger partial charge in [0.2, 0.25) is 11.8 Å². The van der Waals surface area contributed by atoms with Crippen LogP contribution in [0, 0.1) is 0 Å². The number of benzene rings is 2. The molecule has 6 nitrogen and oxygen atoms in total. The molecule has 7 heteroatoms. The van der Waals surface area contributed by atoms with Gasteiger partial charge in [0.25, 0.3) is 0 Å². The molecule has 2 amide bonds. The van der Waals surface area contributed by atoms with Crippen LogP contribution in [0.15, 0.2) is 59.6 Å². The minimum atomic E-state index is -0.0716. The summed E-state index contributed by atoms with van der Waals surface area (Å²) < 4.78 is 7.17. The number of aromatic nitrogens is 1. The minimum absolute atomic E-state index is 0.0716. The highest BCUT2D eigenvalue weighted by Crippen LogP contribution is 2.30. The van der Waals surface area contributed by atoms with Crippen LogP contribution in [0.2, 0.25) is 0 Å². The molecule has 0 aliphatic carbocycles. The Balaban J connectivity index is 1.42. The van der Waals surface area contributed by atoms with E-state index in [2.05, 4.69) is 5.32 Å². The molecule has 3 aromatic rings. The molecular weight excluding hydrogens is 422 g/mol. The van der Waals surface area contributed by atoms with E-state index >= 15 is 0 Å². The van der Waals surface area contributed by atoms with Crippen LogP contribution in [0.1, 0.15) is 25.7 Å². The van der Waals surface area contributed by atoms with E-state index in [-0.39, 0.29) is 11.8 Å². The number of para-hydroxylation sites is 1. The molecule has 2 aromatic carbocycles. The van der Waals surface area contributed by atoms with Gasteiger partial charge in [0, 0.05) is 40.8 Å². The van der Waals surface area contributed by atoms with E-state index in [1.807, 2.05) is 64.2 Å². The molecule has 1 fully saturated rings. The molecule has 0 spiro atoms. The Morgan fingerprint density at radius 3 is 2.44 bits per heavy atom. The van der Waals surface area contributed by atoms with Crippen LogP contribution in [0.4, 0.5) is 5.69 Å². The number of methoxy groups -OCH3 is 1. The van der Waals surface area contributed by atoms with Gasteiger partial charge in [-0.3, -0.25) is 9.59 Å². The van der Waals surface area contributed by atoms with E-state index in [4.69, 9.17) is 4.74 Å². The molecule has 0 radical (unpaired) electrons. The van der Waals surface area contributed by atoms with Gasteiger partial charge in [0.1, 0.15) is 12.3 Å². The van der Waals surface area contributed by atoms with Gasteiger partial charge in [0.05, 0.1) is 12.9 Å². The Morgan fingerprint density at radius 1 is 1.00 bits per heavy atom. The molecule has 0 unspecified atom stereocenters. The van der Waals surface area contributed by atoms with Crippen molar-refractivity contribution in [3.8, 4) is 5.75 Å². The van der Waals surface area contributed by atoms with Crippen molar-refractivity contribution in [2.45, 2.75) is 37.1 Å². The maximum Gasteiger partial charge on any atom is 0.242 e. The number of thioether (sulfide) groups is 1. The standard InChI is InChI=1S/C25H29N3O3S/c1-31-20-12-10-19(11-13-20)26-24(29)18-32-23-16-28(22-9-5-4-8-21(22)23)17-25(30)27-14-6-2-3-7-15-27/h4-5,8-13,16H,2-3,6-7,14-15,17-18H2,1H3,(H,26,29). The van der Waals surface area contributed by atoms with Crippen LogP contribution in [0.25, 0.3) is 10.9 Å². The van der Waals surface area contributed by atoms with Gasteiger partial charge in [-0.25, -0.2) is 0 Å². The van der Waals surface area contributed by atoms with Crippen LogP contribution >= 0.6 is 11.8 Å². The van der Waals surface area contributed by atoms with E-state index in [1.165, 1.54) is 24.6 Å². The average molecular weight is 452 g/mol. The summed E-state index contributed by atoms with van der Waals surface area (Å²) in [7, 11) is 1.61. The van der Waals surface area contributed by atoms with Crippen molar-refractivity contribution in [3.05, 3.63) is 54.7 Å². The monoisotopic (exact) mass is 451 g/mol. The Labute approximate surface area is 192 Å². The summed E-state index contributed by atoms with van der Waals surface area (Å²) >= 11 is 1.49. The molecule has 1 saturated heterocycles. The summed E-state index contributed by atoms with van der Waals surface area (Å²) in [6.07, 6.45) is 6.59. The lowest BCUT2D eigenvalue weighted by atomic mass is 10.2. The summed E-state index contributed by atoms with van der Waals surface area (Å²) in [6.45, 7) is 2.04. The Bertz CT molecular complexity index is 1070. The molecular formula is C25H29N3O3S. The SMILES string of the molecule is COc1ccc(NC(=O)CSc2cn(CC(=O)N3CCCCCC3)c3ccccc23)cc1. The number of carbonyl (C=O) groups excluding carboxylic acids is 2. The fraction of sp³-hybridized carbons (Fsp3) is 0.360. The summed E-state index contributed by atoms with van der Waals surface area (Å²) in [5.41, 5.74) is 1.76. The molecule has 2 heterocycles. The average Bonchev–Trinajstić information content (AvgIpc) is 2.97. The first-order chi connectivity index (χ1) is 15.6. The van der Waals surface area contributed by atoms with E-state index in [0.717, 1.165) is 53.2 Å². The first kappa shape index (κ1) is 22.3. The van der Waals surface area contributed by atoms with Gasteiger partial charge in [-0.2, -0.15) is 0 Å². The molecule has 1 aromatic heterocycles. The second-order valence-electron chi connectivity index (χ2n) is 8.00. The van der Waals surface area contributed by atoms with E-state index in [9.17, 15) is 9.59 Å². The summed E-state index contributed by atoms with van der Waals surface area (Å²) in [5, 5.41) is 3.98. The van der Waals surface area contributed by atoms with Crippen molar-refractivity contribution in [3.63, 3.8) is 0 Å². The number of nitrogens with zero attached hydrogens (tertiary/aromatic N) is 2. The van der Waals surface area contributed by atoms with Gasteiger partial charge in [-0.1, -0.05) is 31.0 Å². The third-order valence-corrected chi connectivity index (χ3v) is 6.79. The number of hydrogen-bond donors (Lipinski definition) is 1. The third-order valence-electron chi connectivity index (χ3n) is 5.75. The van der Waals surface area contributed by atoms with Crippen LogP contribution in [-0.2, 0) is 16.1 Å². The quantitative estimate of drug-likeness (QED) is 0.525. The number of likely N-dealkylation sites (tertiary alicyclic amines) is 1. The molecule has 0 atom stereocenters. The minimum Gasteiger partial charge on any atom is -0.497 e. The zero-order valence-corrected chi connectivity index (χ0v) is 19.2. The van der Waals surface area contributed by atoms with Crippen molar-refractivity contribution in [1.82, 2.24) is 9.47 Å². The van der Waals surface area contributed by atoms with Crippen LogP contribution < -0.4 is 10.1 Å². The van der Waals surface area contributed by atoms with Crippen molar-refractivity contribution in [1.29, 1.82) is 0 Å². The van der Waals surface area contributed by atoms with Crippen LogP contribution in [-0.4, -0.2) is 47.2 Å². The smallest absolute Gasteiger partial charge is 0.242 e. The maximum absolute atomic E-state index is 12.9. The Kier molecular flexibility index (Phi) is 7.37. The fourth-order valence-corrected chi connectivity index (χ4v) is 4.93. The lowest BCUT2D eigenvalue weighted by Crippen LogP contribution is -2.34. The predicted octanol–water partition coefficient (Wildman–Crippen LogP) is 4.78. The maximum atomic E-state index is 12.9. The number of rotatable bonds is 7. The molecule has 1 aliphatic rings. The highest BCUT2D eigenvalue weighted by Gasteiger charge is 2.18. The predicted molar refractivity (Wildman–Crippen MR) is 129 cm³/mol. The number of anilines is 1. The van der Waals surface area contributed by atoms with Gasteiger partial charge in [-0.15, -0.1) is 11.8 Å². The first-order valence-electron chi connectivity index (χ1n) is 11.1. The molecule has 0 bridgehead atoms. The van der Waals surface area contributed by atoms with Gasteiger partial charge in [0.15, 0.2) is 0 Å². The number of fused-ring (bicyclic) bond motifs is 1. The number of amides is 2.